The van der Waals surface area contributed by atoms with Gasteiger partial charge >= 0.3 is 0 Å². The van der Waals surface area contributed by atoms with Crippen LogP contribution in [0.1, 0.15) is 43.2 Å². The second-order valence-corrected chi connectivity index (χ2v) is 5.93. The summed E-state index contributed by atoms with van der Waals surface area (Å²) in [5.41, 5.74) is 9.98. The Morgan fingerprint density at radius 3 is 2.89 bits per heavy atom. The van der Waals surface area contributed by atoms with Gasteiger partial charge in [0.1, 0.15) is 0 Å². The fourth-order valence-corrected chi connectivity index (χ4v) is 3.82. The highest BCUT2D eigenvalue weighted by atomic mass is 15.2. The van der Waals surface area contributed by atoms with Gasteiger partial charge in [-0.1, -0.05) is 25.0 Å². The molecular weight excluding hydrogens is 220 g/mol. The quantitative estimate of drug-likeness (QED) is 0.865. The lowest BCUT2D eigenvalue weighted by Gasteiger charge is -2.34. The molecule has 2 aliphatic rings. The van der Waals surface area contributed by atoms with E-state index in [4.69, 9.17) is 5.73 Å². The zero-order valence-electron chi connectivity index (χ0n) is 11.4. The van der Waals surface area contributed by atoms with Crippen LogP contribution in [0.3, 0.4) is 0 Å². The van der Waals surface area contributed by atoms with Crippen molar-refractivity contribution < 1.29 is 0 Å². The first kappa shape index (κ1) is 12.0. The number of nitrogens with zero attached hydrogens (tertiary/aromatic N) is 1. The van der Waals surface area contributed by atoms with Gasteiger partial charge in [-0.05, 0) is 49.3 Å². The molecular formula is C16H24N2. The van der Waals surface area contributed by atoms with Gasteiger partial charge < -0.3 is 10.6 Å². The zero-order valence-corrected chi connectivity index (χ0v) is 11.4. The average Bonchev–Trinajstić information content (AvgIpc) is 2.82. The summed E-state index contributed by atoms with van der Waals surface area (Å²) >= 11 is 0. The molecule has 1 aliphatic carbocycles. The lowest BCUT2D eigenvalue weighted by molar-refractivity contribution is 0.342. The van der Waals surface area contributed by atoms with E-state index in [1.54, 1.807) is 0 Å². The van der Waals surface area contributed by atoms with Crippen molar-refractivity contribution >= 4 is 5.69 Å². The minimum atomic E-state index is 0.656. The number of anilines is 1. The Morgan fingerprint density at radius 1 is 1.22 bits per heavy atom. The van der Waals surface area contributed by atoms with Gasteiger partial charge in [-0.2, -0.15) is 0 Å². The molecule has 1 aliphatic heterocycles. The Balaban J connectivity index is 1.92. The summed E-state index contributed by atoms with van der Waals surface area (Å²) < 4.78 is 0. The monoisotopic (exact) mass is 244 g/mol. The van der Waals surface area contributed by atoms with Crippen molar-refractivity contribution in [1.29, 1.82) is 0 Å². The third-order valence-corrected chi connectivity index (χ3v) is 4.78. The average molecular weight is 244 g/mol. The molecule has 0 spiro atoms. The Kier molecular flexibility index (Phi) is 3.29. The van der Waals surface area contributed by atoms with E-state index in [-0.39, 0.29) is 0 Å². The fraction of sp³-hybridized carbons (Fsp3) is 0.625. The normalized spacial score (nSPS) is 27.3. The third kappa shape index (κ3) is 2.03. The van der Waals surface area contributed by atoms with Crippen molar-refractivity contribution in [3.05, 3.63) is 29.3 Å². The molecule has 2 unspecified atom stereocenters. The van der Waals surface area contributed by atoms with Crippen LogP contribution in [-0.2, 0) is 6.54 Å². The fourth-order valence-electron chi connectivity index (χ4n) is 3.82. The molecule has 0 aromatic heterocycles. The number of aryl methyl sites for hydroxylation is 1. The first-order chi connectivity index (χ1) is 8.79. The summed E-state index contributed by atoms with van der Waals surface area (Å²) in [6, 6.07) is 7.51. The summed E-state index contributed by atoms with van der Waals surface area (Å²) in [6.07, 6.45) is 7.03. The molecule has 1 saturated heterocycles. The second kappa shape index (κ2) is 4.93. The van der Waals surface area contributed by atoms with E-state index >= 15 is 0 Å². The molecule has 3 rings (SSSR count). The van der Waals surface area contributed by atoms with Gasteiger partial charge in [0.25, 0.3) is 0 Å². The van der Waals surface area contributed by atoms with Gasteiger partial charge in [-0.3, -0.25) is 0 Å². The smallest absolute Gasteiger partial charge is 0.0417 e. The van der Waals surface area contributed by atoms with Crippen LogP contribution in [0.5, 0.6) is 0 Å². The molecule has 98 valence electrons. The predicted octanol–water partition coefficient (Wildman–Crippen LogP) is 3.22. The van der Waals surface area contributed by atoms with Crippen LogP contribution in [-0.4, -0.2) is 12.6 Å². The molecule has 1 saturated carbocycles. The third-order valence-electron chi connectivity index (χ3n) is 4.78. The minimum Gasteiger partial charge on any atom is -0.368 e. The summed E-state index contributed by atoms with van der Waals surface area (Å²) in [6.45, 7) is 4.06. The molecule has 1 aromatic rings. The molecule has 2 fully saturated rings. The summed E-state index contributed by atoms with van der Waals surface area (Å²) in [5, 5.41) is 0. The van der Waals surface area contributed by atoms with Crippen LogP contribution in [0, 0.1) is 12.8 Å². The number of nitrogens with two attached hydrogens (primary N) is 1. The van der Waals surface area contributed by atoms with E-state index in [0.717, 1.165) is 12.0 Å². The summed E-state index contributed by atoms with van der Waals surface area (Å²) in [4.78, 5) is 2.65. The highest BCUT2D eigenvalue weighted by Crippen LogP contribution is 2.40. The van der Waals surface area contributed by atoms with Crippen molar-refractivity contribution in [2.24, 2.45) is 11.7 Å². The number of rotatable bonds is 2. The Morgan fingerprint density at radius 2 is 2.06 bits per heavy atom. The maximum Gasteiger partial charge on any atom is 0.0417 e. The van der Waals surface area contributed by atoms with Crippen LogP contribution in [0.2, 0.25) is 0 Å². The first-order valence-electron chi connectivity index (χ1n) is 7.36. The number of fused-ring (bicyclic) bond motifs is 1. The highest BCUT2D eigenvalue weighted by molar-refractivity contribution is 5.57. The lowest BCUT2D eigenvalue weighted by atomic mass is 9.85. The van der Waals surface area contributed by atoms with Crippen molar-refractivity contribution in [2.75, 3.05) is 11.4 Å². The molecule has 1 heterocycles. The Hall–Kier alpha value is -1.02. The maximum absolute atomic E-state index is 5.91. The standard InChI is InChI=1S/C16H24N2/c1-12-6-7-14(11-17)16(10-12)18-9-8-13-4-2-3-5-15(13)18/h6-7,10,13,15H,2-5,8-9,11,17H2,1H3. The van der Waals surface area contributed by atoms with Crippen LogP contribution >= 0.6 is 0 Å². The number of hydrogen-bond donors (Lipinski definition) is 1. The van der Waals surface area contributed by atoms with Crippen LogP contribution in [0.25, 0.3) is 0 Å². The SMILES string of the molecule is Cc1ccc(CN)c(N2CCC3CCCCC32)c1. The molecule has 2 N–H and O–H groups in total. The van der Waals surface area contributed by atoms with Crippen molar-refractivity contribution in [3.63, 3.8) is 0 Å². The minimum absolute atomic E-state index is 0.656. The largest absolute Gasteiger partial charge is 0.368 e. The van der Waals surface area contributed by atoms with Gasteiger partial charge in [0, 0.05) is 24.8 Å². The molecule has 18 heavy (non-hydrogen) atoms. The van der Waals surface area contributed by atoms with E-state index < -0.39 is 0 Å². The molecule has 0 amide bonds. The Labute approximate surface area is 110 Å². The van der Waals surface area contributed by atoms with Crippen LogP contribution in [0.4, 0.5) is 5.69 Å². The van der Waals surface area contributed by atoms with E-state index in [0.29, 0.717) is 6.54 Å². The van der Waals surface area contributed by atoms with Gasteiger partial charge in [-0.25, -0.2) is 0 Å². The molecule has 2 heteroatoms. The van der Waals surface area contributed by atoms with Crippen molar-refractivity contribution in [2.45, 2.75) is 51.6 Å². The van der Waals surface area contributed by atoms with E-state index in [1.807, 2.05) is 0 Å². The lowest BCUT2D eigenvalue weighted by Crippen LogP contribution is -2.35. The van der Waals surface area contributed by atoms with Crippen molar-refractivity contribution in [3.8, 4) is 0 Å². The molecule has 1 aromatic carbocycles. The van der Waals surface area contributed by atoms with Gasteiger partial charge in [0.15, 0.2) is 0 Å². The van der Waals surface area contributed by atoms with E-state index in [9.17, 15) is 0 Å². The second-order valence-electron chi connectivity index (χ2n) is 5.93. The van der Waals surface area contributed by atoms with Gasteiger partial charge in [0.2, 0.25) is 0 Å². The summed E-state index contributed by atoms with van der Waals surface area (Å²) in [5.74, 6) is 0.935. The van der Waals surface area contributed by atoms with E-state index in [2.05, 4.69) is 30.0 Å². The highest BCUT2D eigenvalue weighted by Gasteiger charge is 2.36. The molecule has 2 atom stereocenters. The number of benzene rings is 1. The molecule has 0 radical (unpaired) electrons. The van der Waals surface area contributed by atoms with E-state index in [1.165, 1.54) is 55.5 Å². The Bertz CT molecular complexity index is 427. The maximum atomic E-state index is 5.91. The topological polar surface area (TPSA) is 29.3 Å². The predicted molar refractivity (Wildman–Crippen MR) is 76.8 cm³/mol. The molecule has 0 bridgehead atoms. The summed E-state index contributed by atoms with van der Waals surface area (Å²) in [7, 11) is 0. The van der Waals surface area contributed by atoms with Crippen molar-refractivity contribution in [1.82, 2.24) is 0 Å². The number of hydrogen-bond acceptors (Lipinski definition) is 2. The zero-order chi connectivity index (χ0) is 12.5. The molecule has 2 nitrogen and oxygen atoms in total. The van der Waals surface area contributed by atoms with Crippen LogP contribution < -0.4 is 10.6 Å². The van der Waals surface area contributed by atoms with Gasteiger partial charge in [-0.15, -0.1) is 0 Å². The first-order valence-corrected chi connectivity index (χ1v) is 7.36. The van der Waals surface area contributed by atoms with Crippen LogP contribution in [0.15, 0.2) is 18.2 Å². The van der Waals surface area contributed by atoms with Gasteiger partial charge in [0.05, 0.1) is 0 Å².